The van der Waals surface area contributed by atoms with Crippen LogP contribution in [0, 0.1) is 5.92 Å². The highest BCUT2D eigenvalue weighted by Crippen LogP contribution is 2.34. The van der Waals surface area contributed by atoms with Gasteiger partial charge in [-0.15, -0.1) is 0 Å². The zero-order valence-corrected chi connectivity index (χ0v) is 15.7. The molecule has 0 spiro atoms. The zero-order chi connectivity index (χ0) is 21.2. The highest BCUT2D eigenvalue weighted by Gasteiger charge is 2.33. The number of aromatic amines is 1. The monoisotopic (exact) mass is 404 g/mol. The van der Waals surface area contributed by atoms with Gasteiger partial charge in [-0.3, -0.25) is 4.79 Å². The number of carbonyl (C=O) groups excluding carboxylic acids is 1. The summed E-state index contributed by atoms with van der Waals surface area (Å²) in [7, 11) is 0. The number of pyridine rings is 2. The first kappa shape index (κ1) is 20.4. The Kier molecular flexibility index (Phi) is 5.58. The van der Waals surface area contributed by atoms with Crippen LogP contribution in [0.3, 0.4) is 0 Å². The number of rotatable bonds is 6. The number of hydrogen-bond donors (Lipinski definition) is 2. The van der Waals surface area contributed by atoms with E-state index < -0.39 is 17.8 Å². The molecule has 3 heterocycles. The molecule has 0 aromatic carbocycles. The molecule has 0 unspecified atom stereocenters. The van der Waals surface area contributed by atoms with Crippen LogP contribution in [0.15, 0.2) is 36.7 Å². The van der Waals surface area contributed by atoms with Crippen LogP contribution in [0.2, 0.25) is 0 Å². The molecule has 3 aromatic heterocycles. The molecule has 0 aliphatic carbocycles. The van der Waals surface area contributed by atoms with Crippen LogP contribution in [0.5, 0.6) is 5.88 Å². The lowest BCUT2D eigenvalue weighted by molar-refractivity contribution is -0.141. The smallest absolute Gasteiger partial charge is 0.433 e. The number of carbonyl (C=O) groups is 1. The van der Waals surface area contributed by atoms with Crippen molar-refractivity contribution in [2.45, 2.75) is 20.0 Å². The second-order valence-electron chi connectivity index (χ2n) is 6.88. The van der Waals surface area contributed by atoms with Gasteiger partial charge in [-0.1, -0.05) is 13.8 Å². The van der Waals surface area contributed by atoms with E-state index in [-0.39, 0.29) is 24.0 Å². The SMILES string of the molecule is CC(C)COc1cc(-c2cnc3[nH]cc(/C=C/C(N)=O)c3c2)cc(C(F)(F)F)n1. The fourth-order valence-corrected chi connectivity index (χ4v) is 2.63. The number of hydrogen-bond acceptors (Lipinski definition) is 4. The van der Waals surface area contributed by atoms with Crippen molar-refractivity contribution >= 4 is 23.0 Å². The van der Waals surface area contributed by atoms with Gasteiger partial charge in [-0.25, -0.2) is 9.97 Å². The maximum atomic E-state index is 13.3. The minimum atomic E-state index is -4.62. The summed E-state index contributed by atoms with van der Waals surface area (Å²) < 4.78 is 45.4. The number of halogens is 3. The fraction of sp³-hybridized carbons (Fsp3) is 0.250. The molecule has 0 aliphatic heterocycles. The molecule has 0 radical (unpaired) electrons. The molecule has 3 aromatic rings. The molecule has 0 fully saturated rings. The van der Waals surface area contributed by atoms with E-state index in [2.05, 4.69) is 15.0 Å². The lowest BCUT2D eigenvalue weighted by Crippen LogP contribution is -2.11. The van der Waals surface area contributed by atoms with E-state index >= 15 is 0 Å². The highest BCUT2D eigenvalue weighted by atomic mass is 19.4. The Bertz CT molecular complexity index is 1070. The van der Waals surface area contributed by atoms with Gasteiger partial charge in [0.15, 0.2) is 0 Å². The predicted octanol–water partition coefficient (Wildman–Crippen LogP) is 4.18. The Morgan fingerprint density at radius 3 is 2.69 bits per heavy atom. The molecule has 152 valence electrons. The van der Waals surface area contributed by atoms with Crippen molar-refractivity contribution in [3.05, 3.63) is 47.9 Å². The van der Waals surface area contributed by atoms with Crippen molar-refractivity contribution in [2.24, 2.45) is 11.7 Å². The Morgan fingerprint density at radius 1 is 1.28 bits per heavy atom. The van der Waals surface area contributed by atoms with Crippen LogP contribution < -0.4 is 10.5 Å². The Labute approximate surface area is 164 Å². The molecule has 0 saturated heterocycles. The summed E-state index contributed by atoms with van der Waals surface area (Å²) in [5.41, 5.74) is 5.96. The molecule has 3 N–H and O–H groups in total. The van der Waals surface area contributed by atoms with E-state index in [0.717, 1.165) is 6.07 Å². The van der Waals surface area contributed by atoms with Crippen LogP contribution in [0.25, 0.3) is 28.2 Å². The van der Waals surface area contributed by atoms with E-state index in [1.807, 2.05) is 13.8 Å². The summed E-state index contributed by atoms with van der Waals surface area (Å²) in [6.45, 7) is 4.02. The summed E-state index contributed by atoms with van der Waals surface area (Å²) in [5, 5.41) is 0.634. The lowest BCUT2D eigenvalue weighted by Gasteiger charge is -2.13. The van der Waals surface area contributed by atoms with Crippen LogP contribution in [-0.4, -0.2) is 27.5 Å². The lowest BCUT2D eigenvalue weighted by atomic mass is 10.1. The molecular formula is C20H19F3N4O2. The van der Waals surface area contributed by atoms with E-state index in [1.54, 1.807) is 12.3 Å². The summed E-state index contributed by atoms with van der Waals surface area (Å²) >= 11 is 0. The fourth-order valence-electron chi connectivity index (χ4n) is 2.63. The predicted molar refractivity (Wildman–Crippen MR) is 103 cm³/mol. The van der Waals surface area contributed by atoms with Gasteiger partial charge in [0.05, 0.1) is 6.61 Å². The molecule has 6 nitrogen and oxygen atoms in total. The number of nitrogens with one attached hydrogen (secondary N) is 1. The third-order valence-electron chi connectivity index (χ3n) is 3.98. The minimum Gasteiger partial charge on any atom is -0.477 e. The summed E-state index contributed by atoms with van der Waals surface area (Å²) in [6.07, 6.45) is 1.18. The van der Waals surface area contributed by atoms with Gasteiger partial charge in [-0.2, -0.15) is 13.2 Å². The van der Waals surface area contributed by atoms with Crippen molar-refractivity contribution in [3.8, 4) is 17.0 Å². The molecular weight excluding hydrogens is 385 g/mol. The van der Waals surface area contributed by atoms with Gasteiger partial charge < -0.3 is 15.5 Å². The van der Waals surface area contributed by atoms with E-state index in [4.69, 9.17) is 10.5 Å². The molecule has 0 aliphatic rings. The highest BCUT2D eigenvalue weighted by molar-refractivity contribution is 5.95. The third kappa shape index (κ3) is 4.92. The number of aromatic nitrogens is 3. The standard InChI is InChI=1S/C20H19F3N4O2/c1-11(2)10-29-18-7-13(6-16(27-18)20(21,22)23)14-5-15-12(3-4-17(24)28)8-25-19(15)26-9-14/h3-9,11H,10H2,1-2H3,(H2,24,28)(H,25,26)/b4-3+. The molecule has 9 heteroatoms. The number of nitrogens with two attached hydrogens (primary N) is 1. The van der Waals surface area contributed by atoms with Crippen LogP contribution >= 0.6 is 0 Å². The van der Waals surface area contributed by atoms with Gasteiger partial charge in [0.2, 0.25) is 11.8 Å². The largest absolute Gasteiger partial charge is 0.477 e. The van der Waals surface area contributed by atoms with E-state index in [9.17, 15) is 18.0 Å². The number of H-pyrrole nitrogens is 1. The quantitative estimate of drug-likeness (QED) is 0.603. The van der Waals surface area contributed by atoms with Gasteiger partial charge >= 0.3 is 6.18 Å². The number of fused-ring (bicyclic) bond motifs is 1. The number of primary amides is 1. The normalized spacial score (nSPS) is 12.2. The second kappa shape index (κ2) is 7.94. The second-order valence-corrected chi connectivity index (χ2v) is 6.88. The first-order valence-corrected chi connectivity index (χ1v) is 8.80. The van der Waals surface area contributed by atoms with Crippen molar-refractivity contribution in [1.82, 2.24) is 15.0 Å². The maximum absolute atomic E-state index is 13.3. The summed E-state index contributed by atoms with van der Waals surface area (Å²) in [4.78, 5) is 21.8. The maximum Gasteiger partial charge on any atom is 0.433 e. The minimum absolute atomic E-state index is 0.105. The molecule has 0 atom stereocenters. The van der Waals surface area contributed by atoms with Gasteiger partial charge in [0, 0.05) is 41.0 Å². The topological polar surface area (TPSA) is 93.9 Å². The molecule has 0 saturated carbocycles. The van der Waals surface area contributed by atoms with Crippen LogP contribution in [0.4, 0.5) is 13.2 Å². The number of nitrogens with zero attached hydrogens (tertiary/aromatic N) is 2. The summed E-state index contributed by atoms with van der Waals surface area (Å²) in [5.74, 6) is -0.585. The summed E-state index contributed by atoms with van der Waals surface area (Å²) in [6, 6.07) is 4.09. The number of amides is 1. The first-order valence-electron chi connectivity index (χ1n) is 8.80. The number of alkyl halides is 3. The molecule has 29 heavy (non-hydrogen) atoms. The van der Waals surface area contributed by atoms with E-state index in [0.29, 0.717) is 22.2 Å². The van der Waals surface area contributed by atoms with Gasteiger partial charge in [0.1, 0.15) is 11.3 Å². The van der Waals surface area contributed by atoms with Crippen molar-refractivity contribution in [1.29, 1.82) is 0 Å². The van der Waals surface area contributed by atoms with Crippen molar-refractivity contribution in [2.75, 3.05) is 6.61 Å². The van der Waals surface area contributed by atoms with Crippen molar-refractivity contribution in [3.63, 3.8) is 0 Å². The third-order valence-corrected chi connectivity index (χ3v) is 3.98. The average molecular weight is 404 g/mol. The van der Waals surface area contributed by atoms with Crippen LogP contribution in [0.1, 0.15) is 25.1 Å². The van der Waals surface area contributed by atoms with E-state index in [1.165, 1.54) is 24.4 Å². The van der Waals surface area contributed by atoms with Gasteiger partial charge in [-0.05, 0) is 29.7 Å². The Morgan fingerprint density at radius 2 is 2.03 bits per heavy atom. The molecule has 0 bridgehead atoms. The Hall–Kier alpha value is -3.36. The van der Waals surface area contributed by atoms with Crippen LogP contribution in [-0.2, 0) is 11.0 Å². The Balaban J connectivity index is 2.08. The molecule has 1 amide bonds. The zero-order valence-electron chi connectivity index (χ0n) is 15.7. The van der Waals surface area contributed by atoms with Gasteiger partial charge in [0.25, 0.3) is 0 Å². The average Bonchev–Trinajstić information content (AvgIpc) is 3.06. The van der Waals surface area contributed by atoms with Crippen molar-refractivity contribution < 1.29 is 22.7 Å². The number of ether oxygens (including phenoxy) is 1. The molecule has 3 rings (SSSR count). The first-order chi connectivity index (χ1) is 13.6.